The summed E-state index contributed by atoms with van der Waals surface area (Å²) in [6.07, 6.45) is 8.91. The molecule has 0 atom stereocenters. The topological polar surface area (TPSA) is 62.8 Å². The van der Waals surface area contributed by atoms with Crippen molar-refractivity contribution in [2.75, 3.05) is 20.6 Å². The molecule has 0 aliphatic carbocycles. The number of aromatic nitrogens is 4. The quantitative estimate of drug-likeness (QED) is 0.235. The maximum Gasteiger partial charge on any atom is 0.193 e. The lowest BCUT2D eigenvalue weighted by atomic mass is 10.3. The van der Waals surface area contributed by atoms with Crippen LogP contribution in [0, 0.1) is 6.92 Å². The van der Waals surface area contributed by atoms with Gasteiger partial charge in [-0.3, -0.25) is 4.99 Å². The Kier molecular flexibility index (Phi) is 7.67. The summed E-state index contributed by atoms with van der Waals surface area (Å²) in [6, 6.07) is 14.2. The Bertz CT molecular complexity index is 1150. The number of aryl methyl sites for hydroxylation is 1. The third-order valence-corrected chi connectivity index (χ3v) is 5.04. The van der Waals surface area contributed by atoms with Gasteiger partial charge in [-0.25, -0.2) is 9.67 Å². The third-order valence-electron chi connectivity index (χ3n) is 5.04. The van der Waals surface area contributed by atoms with Crippen LogP contribution in [-0.4, -0.2) is 50.7 Å². The predicted octanol–water partition coefficient (Wildman–Crippen LogP) is 3.70. The predicted molar refractivity (Wildman–Crippen MR) is 135 cm³/mol. The Hall–Kier alpha value is -2.88. The molecule has 0 radical (unpaired) electrons. The average molecular weight is 529 g/mol. The van der Waals surface area contributed by atoms with Gasteiger partial charge in [0.05, 0.1) is 17.6 Å². The van der Waals surface area contributed by atoms with Crippen molar-refractivity contribution < 1.29 is 0 Å². The van der Waals surface area contributed by atoms with Crippen LogP contribution in [0.25, 0.3) is 11.3 Å². The van der Waals surface area contributed by atoms with Gasteiger partial charge in [-0.05, 0) is 30.7 Å². The lowest BCUT2D eigenvalue weighted by molar-refractivity contribution is 0.477. The molecular formula is C23H28IN7. The number of aliphatic imine (C=N–C) groups is 1. The van der Waals surface area contributed by atoms with Gasteiger partial charge in [-0.15, -0.1) is 24.0 Å². The fourth-order valence-electron chi connectivity index (χ4n) is 3.52. The Morgan fingerprint density at radius 2 is 1.94 bits per heavy atom. The number of nitrogens with one attached hydrogen (secondary N) is 1. The molecule has 31 heavy (non-hydrogen) atoms. The van der Waals surface area contributed by atoms with Crippen LogP contribution in [0.15, 0.2) is 72.2 Å². The molecule has 1 N–H and O–H groups in total. The van der Waals surface area contributed by atoms with Gasteiger partial charge >= 0.3 is 0 Å². The van der Waals surface area contributed by atoms with Crippen LogP contribution in [0.2, 0.25) is 0 Å². The Balaban J connectivity index is 0.00000272. The molecule has 3 heterocycles. The lowest BCUT2D eigenvalue weighted by Gasteiger charge is -2.21. The van der Waals surface area contributed by atoms with Crippen molar-refractivity contribution in [3.05, 3.63) is 84.1 Å². The van der Waals surface area contributed by atoms with E-state index in [1.54, 1.807) is 7.05 Å². The number of nitrogens with zero attached hydrogens (tertiary/aromatic N) is 6. The highest BCUT2D eigenvalue weighted by Gasteiger charge is 2.10. The number of hydrogen-bond donors (Lipinski definition) is 1. The molecule has 4 aromatic rings. The largest absolute Gasteiger partial charge is 0.356 e. The smallest absolute Gasteiger partial charge is 0.193 e. The van der Waals surface area contributed by atoms with E-state index in [1.807, 2.05) is 60.5 Å². The zero-order chi connectivity index (χ0) is 20.9. The molecule has 0 unspecified atom stereocenters. The van der Waals surface area contributed by atoms with Crippen molar-refractivity contribution in [3.8, 4) is 5.69 Å². The average Bonchev–Trinajstić information content (AvgIpc) is 3.39. The molecule has 0 fully saturated rings. The number of guanidine groups is 1. The molecule has 0 bridgehead atoms. The lowest BCUT2D eigenvalue weighted by Crippen LogP contribution is -2.39. The molecule has 0 aliphatic heterocycles. The van der Waals surface area contributed by atoms with Gasteiger partial charge in [0, 0.05) is 57.8 Å². The molecule has 7 nitrogen and oxygen atoms in total. The van der Waals surface area contributed by atoms with Crippen molar-refractivity contribution >= 4 is 35.6 Å². The number of rotatable bonds is 6. The second kappa shape index (κ2) is 10.4. The first-order chi connectivity index (χ1) is 14.6. The van der Waals surface area contributed by atoms with E-state index in [9.17, 15) is 0 Å². The molecule has 0 spiro atoms. The minimum atomic E-state index is 0. The van der Waals surface area contributed by atoms with E-state index in [4.69, 9.17) is 4.98 Å². The van der Waals surface area contributed by atoms with Crippen molar-refractivity contribution in [1.82, 2.24) is 29.4 Å². The molecular weight excluding hydrogens is 501 g/mol. The van der Waals surface area contributed by atoms with Crippen molar-refractivity contribution in [1.29, 1.82) is 0 Å². The van der Waals surface area contributed by atoms with Crippen LogP contribution in [0.1, 0.15) is 16.8 Å². The van der Waals surface area contributed by atoms with Crippen LogP contribution in [-0.2, 0) is 13.0 Å². The van der Waals surface area contributed by atoms with Gasteiger partial charge in [0.1, 0.15) is 5.65 Å². The van der Waals surface area contributed by atoms with Crippen LogP contribution in [0.4, 0.5) is 0 Å². The van der Waals surface area contributed by atoms with Crippen molar-refractivity contribution in [3.63, 3.8) is 0 Å². The third kappa shape index (κ3) is 5.43. The Morgan fingerprint density at radius 3 is 2.68 bits per heavy atom. The number of hydrogen-bond acceptors (Lipinski definition) is 3. The molecule has 3 aromatic heterocycles. The summed E-state index contributed by atoms with van der Waals surface area (Å²) >= 11 is 0. The van der Waals surface area contributed by atoms with Gasteiger partial charge in [-0.1, -0.05) is 24.3 Å². The first-order valence-electron chi connectivity index (χ1n) is 10.1. The van der Waals surface area contributed by atoms with Gasteiger partial charge in [0.15, 0.2) is 5.96 Å². The van der Waals surface area contributed by atoms with E-state index < -0.39 is 0 Å². The molecule has 0 aliphatic rings. The molecule has 0 amide bonds. The van der Waals surface area contributed by atoms with Gasteiger partial charge in [0.2, 0.25) is 0 Å². The molecule has 162 valence electrons. The summed E-state index contributed by atoms with van der Waals surface area (Å²) < 4.78 is 3.97. The zero-order valence-electron chi connectivity index (χ0n) is 18.1. The minimum Gasteiger partial charge on any atom is -0.356 e. The van der Waals surface area contributed by atoms with E-state index in [1.165, 1.54) is 5.56 Å². The maximum absolute atomic E-state index is 4.74. The summed E-state index contributed by atoms with van der Waals surface area (Å²) in [5.41, 5.74) is 5.45. The maximum atomic E-state index is 4.74. The van der Waals surface area contributed by atoms with Crippen molar-refractivity contribution in [2.45, 2.75) is 19.9 Å². The fourth-order valence-corrected chi connectivity index (χ4v) is 3.52. The highest BCUT2D eigenvalue weighted by molar-refractivity contribution is 14.0. The fraction of sp³-hybridized carbons (Fsp3) is 0.261. The summed E-state index contributed by atoms with van der Waals surface area (Å²) in [7, 11) is 3.84. The summed E-state index contributed by atoms with van der Waals surface area (Å²) in [6.45, 7) is 3.57. The molecule has 1 aromatic carbocycles. The zero-order valence-corrected chi connectivity index (χ0v) is 20.4. The summed E-state index contributed by atoms with van der Waals surface area (Å²) in [4.78, 5) is 11.3. The Labute approximate surface area is 199 Å². The van der Waals surface area contributed by atoms with Gasteiger partial charge in [0.25, 0.3) is 0 Å². The number of pyridine rings is 1. The van der Waals surface area contributed by atoms with Gasteiger partial charge in [-0.2, -0.15) is 5.10 Å². The minimum absolute atomic E-state index is 0. The number of imidazole rings is 1. The second-order valence-corrected chi connectivity index (χ2v) is 7.36. The first kappa shape index (κ1) is 22.8. The van der Waals surface area contributed by atoms with Crippen molar-refractivity contribution in [2.24, 2.45) is 4.99 Å². The molecule has 8 heteroatoms. The van der Waals surface area contributed by atoms with Crippen LogP contribution < -0.4 is 5.32 Å². The second-order valence-electron chi connectivity index (χ2n) is 7.36. The highest BCUT2D eigenvalue weighted by Crippen LogP contribution is 2.11. The van der Waals surface area contributed by atoms with Crippen LogP contribution in [0.3, 0.4) is 0 Å². The molecule has 0 saturated carbocycles. The molecule has 4 rings (SSSR count). The highest BCUT2D eigenvalue weighted by atomic mass is 127. The monoisotopic (exact) mass is 529 g/mol. The van der Waals surface area contributed by atoms with Crippen LogP contribution >= 0.6 is 24.0 Å². The Morgan fingerprint density at radius 1 is 1.13 bits per heavy atom. The standard InChI is InChI=1S/C23H27N7.HI/c1-18-8-7-13-29-17-20(27-22(18)29)11-12-25-23(24-2)28(3)15-19-14-26-30(16-19)21-9-5-4-6-10-21;/h4-10,13-14,16-17H,11-12,15H2,1-3H3,(H,24,25);1H. The van der Waals surface area contributed by atoms with E-state index in [0.717, 1.165) is 48.1 Å². The number of halogens is 1. The SMILES string of the molecule is CN=C(NCCc1cn2cccc(C)c2n1)N(C)Cc1cnn(-c2ccccc2)c1.I. The van der Waals surface area contributed by atoms with E-state index in [2.05, 4.69) is 50.1 Å². The van der Waals surface area contributed by atoms with Crippen LogP contribution in [0.5, 0.6) is 0 Å². The van der Waals surface area contributed by atoms with E-state index >= 15 is 0 Å². The van der Waals surface area contributed by atoms with Gasteiger partial charge < -0.3 is 14.6 Å². The normalized spacial score (nSPS) is 11.4. The van der Waals surface area contributed by atoms with E-state index in [0.29, 0.717) is 0 Å². The number of fused-ring (bicyclic) bond motifs is 1. The number of para-hydroxylation sites is 1. The summed E-state index contributed by atoms with van der Waals surface area (Å²) in [5, 5.41) is 7.91. The van der Waals surface area contributed by atoms with E-state index in [-0.39, 0.29) is 24.0 Å². The first-order valence-corrected chi connectivity index (χ1v) is 10.1. The number of benzene rings is 1. The molecule has 0 saturated heterocycles. The summed E-state index contributed by atoms with van der Waals surface area (Å²) in [5.74, 6) is 0.849.